The lowest BCUT2D eigenvalue weighted by molar-refractivity contribution is -0.131. The van der Waals surface area contributed by atoms with Gasteiger partial charge in [0.25, 0.3) is 0 Å². The SMILES string of the molecule is Cc1coc2cc3oc(=O)c(CCC(=O)N4CCN(c5ccccn5)CC4)c(C)c3cc12. The van der Waals surface area contributed by atoms with E-state index in [0.717, 1.165) is 40.8 Å². The molecular formula is C25H25N3O4. The summed E-state index contributed by atoms with van der Waals surface area (Å²) in [5.74, 6) is 0.997. The molecule has 5 rings (SSSR count). The molecule has 0 aliphatic carbocycles. The number of carbonyl (C=O) groups is 1. The molecule has 0 unspecified atom stereocenters. The molecule has 1 saturated heterocycles. The van der Waals surface area contributed by atoms with E-state index in [2.05, 4.69) is 9.88 Å². The Morgan fingerprint density at radius 3 is 2.62 bits per heavy atom. The number of piperazine rings is 1. The number of hydrogen-bond acceptors (Lipinski definition) is 6. The predicted octanol–water partition coefficient (Wildman–Crippen LogP) is 3.83. The van der Waals surface area contributed by atoms with Crippen LogP contribution in [-0.2, 0) is 11.2 Å². The summed E-state index contributed by atoms with van der Waals surface area (Å²) in [4.78, 5) is 33.9. The lowest BCUT2D eigenvalue weighted by atomic mass is 10.0. The first-order valence-corrected chi connectivity index (χ1v) is 10.9. The van der Waals surface area contributed by atoms with Gasteiger partial charge in [-0.25, -0.2) is 9.78 Å². The lowest BCUT2D eigenvalue weighted by Gasteiger charge is -2.35. The first-order chi connectivity index (χ1) is 15.5. The molecule has 4 aromatic rings. The normalized spacial score (nSPS) is 14.4. The third-order valence-electron chi connectivity index (χ3n) is 6.37. The highest BCUT2D eigenvalue weighted by Crippen LogP contribution is 2.29. The number of nitrogens with zero attached hydrogens (tertiary/aromatic N) is 3. The second-order valence-corrected chi connectivity index (χ2v) is 8.31. The van der Waals surface area contributed by atoms with Crippen molar-refractivity contribution < 1.29 is 13.6 Å². The quantitative estimate of drug-likeness (QED) is 0.457. The van der Waals surface area contributed by atoms with Crippen LogP contribution in [0.3, 0.4) is 0 Å². The van der Waals surface area contributed by atoms with Gasteiger partial charge in [-0.2, -0.15) is 0 Å². The van der Waals surface area contributed by atoms with E-state index in [4.69, 9.17) is 8.83 Å². The van der Waals surface area contributed by atoms with Gasteiger partial charge < -0.3 is 18.6 Å². The summed E-state index contributed by atoms with van der Waals surface area (Å²) < 4.78 is 11.1. The maximum atomic E-state index is 12.8. The number of carbonyl (C=O) groups excluding carboxylic acids is 1. The highest BCUT2D eigenvalue weighted by molar-refractivity contribution is 5.96. The fourth-order valence-corrected chi connectivity index (χ4v) is 4.44. The number of benzene rings is 1. The van der Waals surface area contributed by atoms with Crippen LogP contribution in [0.4, 0.5) is 5.82 Å². The molecule has 1 aromatic carbocycles. The zero-order chi connectivity index (χ0) is 22.2. The maximum Gasteiger partial charge on any atom is 0.339 e. The molecule has 32 heavy (non-hydrogen) atoms. The van der Waals surface area contributed by atoms with Crippen LogP contribution in [0.15, 0.2) is 56.4 Å². The Bertz CT molecular complexity index is 1350. The van der Waals surface area contributed by atoms with E-state index in [1.807, 2.05) is 43.0 Å². The first kappa shape index (κ1) is 20.3. The maximum absolute atomic E-state index is 12.8. The van der Waals surface area contributed by atoms with Gasteiger partial charge in [-0.15, -0.1) is 0 Å². The highest BCUT2D eigenvalue weighted by Gasteiger charge is 2.22. The van der Waals surface area contributed by atoms with Gasteiger partial charge >= 0.3 is 5.63 Å². The van der Waals surface area contributed by atoms with Crippen molar-refractivity contribution >= 4 is 33.7 Å². The molecule has 0 N–H and O–H groups in total. The van der Waals surface area contributed by atoms with Crippen LogP contribution in [0, 0.1) is 13.8 Å². The van der Waals surface area contributed by atoms with Gasteiger partial charge in [0.2, 0.25) is 5.91 Å². The summed E-state index contributed by atoms with van der Waals surface area (Å²) in [6.45, 7) is 6.71. The molecule has 4 heterocycles. The second-order valence-electron chi connectivity index (χ2n) is 8.31. The van der Waals surface area contributed by atoms with Gasteiger partial charge in [0.15, 0.2) is 0 Å². The van der Waals surface area contributed by atoms with Crippen molar-refractivity contribution in [3.63, 3.8) is 0 Å². The molecule has 1 aliphatic rings. The van der Waals surface area contributed by atoms with Crippen LogP contribution >= 0.6 is 0 Å². The number of pyridine rings is 1. The van der Waals surface area contributed by atoms with Crippen molar-refractivity contribution in [1.29, 1.82) is 0 Å². The third kappa shape index (κ3) is 3.64. The Kier molecular flexibility index (Phi) is 5.17. The van der Waals surface area contributed by atoms with Crippen LogP contribution in [0.2, 0.25) is 0 Å². The molecule has 0 atom stereocenters. The van der Waals surface area contributed by atoms with Gasteiger partial charge in [-0.05, 0) is 49.6 Å². The van der Waals surface area contributed by atoms with Gasteiger partial charge in [0.1, 0.15) is 17.0 Å². The Morgan fingerprint density at radius 1 is 1.06 bits per heavy atom. The molecule has 1 amide bonds. The minimum atomic E-state index is -0.384. The fourth-order valence-electron chi connectivity index (χ4n) is 4.44. The summed E-state index contributed by atoms with van der Waals surface area (Å²) >= 11 is 0. The minimum absolute atomic E-state index is 0.0608. The molecule has 0 bridgehead atoms. The summed E-state index contributed by atoms with van der Waals surface area (Å²) in [5.41, 5.74) is 3.30. The van der Waals surface area contributed by atoms with E-state index < -0.39 is 0 Å². The summed E-state index contributed by atoms with van der Waals surface area (Å²) in [7, 11) is 0. The average molecular weight is 431 g/mol. The Labute approximate surface area is 185 Å². The molecule has 0 saturated carbocycles. The molecule has 7 nitrogen and oxygen atoms in total. The number of anilines is 1. The number of hydrogen-bond donors (Lipinski definition) is 0. The number of furan rings is 1. The van der Waals surface area contributed by atoms with Crippen LogP contribution in [0.1, 0.15) is 23.1 Å². The number of amides is 1. The third-order valence-corrected chi connectivity index (χ3v) is 6.37. The predicted molar refractivity (Wildman–Crippen MR) is 123 cm³/mol. The van der Waals surface area contributed by atoms with E-state index >= 15 is 0 Å². The highest BCUT2D eigenvalue weighted by atomic mass is 16.4. The molecule has 164 valence electrons. The minimum Gasteiger partial charge on any atom is -0.464 e. The van der Waals surface area contributed by atoms with E-state index in [0.29, 0.717) is 36.2 Å². The van der Waals surface area contributed by atoms with Crippen molar-refractivity contribution in [3.05, 3.63) is 69.9 Å². The van der Waals surface area contributed by atoms with Crippen molar-refractivity contribution in [3.8, 4) is 0 Å². The lowest BCUT2D eigenvalue weighted by Crippen LogP contribution is -2.49. The topological polar surface area (TPSA) is 79.8 Å². The average Bonchev–Trinajstić information content (AvgIpc) is 3.18. The monoisotopic (exact) mass is 431 g/mol. The largest absolute Gasteiger partial charge is 0.464 e. The Hall–Kier alpha value is -3.61. The van der Waals surface area contributed by atoms with Crippen LogP contribution in [0.5, 0.6) is 0 Å². The van der Waals surface area contributed by atoms with Crippen molar-refractivity contribution in [2.75, 3.05) is 31.1 Å². The zero-order valence-electron chi connectivity index (χ0n) is 18.3. The summed E-state index contributed by atoms with van der Waals surface area (Å²) in [5, 5.41) is 1.88. The first-order valence-electron chi connectivity index (χ1n) is 10.9. The van der Waals surface area contributed by atoms with E-state index in [1.165, 1.54) is 0 Å². The van der Waals surface area contributed by atoms with E-state index in [1.54, 1.807) is 18.5 Å². The van der Waals surface area contributed by atoms with E-state index in [9.17, 15) is 9.59 Å². The molecule has 7 heteroatoms. The van der Waals surface area contributed by atoms with Gasteiger partial charge in [0.05, 0.1) is 6.26 Å². The van der Waals surface area contributed by atoms with Crippen LogP contribution in [-0.4, -0.2) is 42.0 Å². The number of fused-ring (bicyclic) bond motifs is 2. The number of rotatable bonds is 4. The fraction of sp³-hybridized carbons (Fsp3) is 0.320. The molecule has 3 aromatic heterocycles. The molecule has 1 aliphatic heterocycles. The van der Waals surface area contributed by atoms with Crippen molar-refractivity contribution in [2.24, 2.45) is 0 Å². The molecule has 0 radical (unpaired) electrons. The van der Waals surface area contributed by atoms with E-state index in [-0.39, 0.29) is 18.0 Å². The van der Waals surface area contributed by atoms with Crippen LogP contribution < -0.4 is 10.5 Å². The summed E-state index contributed by atoms with van der Waals surface area (Å²) in [6, 6.07) is 9.62. The standard InChI is InChI=1S/C25H25N3O4/c1-16-15-31-21-14-22-20(13-19(16)21)17(2)18(25(30)32-22)6-7-24(29)28-11-9-27(10-12-28)23-5-3-4-8-26-23/h3-5,8,13-15H,6-7,9-12H2,1-2H3. The summed E-state index contributed by atoms with van der Waals surface area (Å²) in [6.07, 6.45) is 4.13. The van der Waals surface area contributed by atoms with Crippen molar-refractivity contribution in [2.45, 2.75) is 26.7 Å². The van der Waals surface area contributed by atoms with Crippen molar-refractivity contribution in [1.82, 2.24) is 9.88 Å². The Balaban J connectivity index is 1.29. The van der Waals surface area contributed by atoms with Gasteiger partial charge in [-0.1, -0.05) is 6.07 Å². The van der Waals surface area contributed by atoms with Crippen LogP contribution in [0.25, 0.3) is 21.9 Å². The number of aryl methyl sites for hydroxylation is 2. The molecule has 1 fully saturated rings. The number of aromatic nitrogens is 1. The van der Waals surface area contributed by atoms with Gasteiger partial charge in [-0.3, -0.25) is 4.79 Å². The van der Waals surface area contributed by atoms with Gasteiger partial charge in [0, 0.05) is 61.2 Å². The zero-order valence-corrected chi connectivity index (χ0v) is 18.3. The smallest absolute Gasteiger partial charge is 0.339 e. The molecule has 0 spiro atoms. The molecular weight excluding hydrogens is 406 g/mol. The second kappa shape index (κ2) is 8.15. The Morgan fingerprint density at radius 2 is 1.88 bits per heavy atom.